The Morgan fingerprint density at radius 1 is 1.25 bits per heavy atom. The van der Waals surface area contributed by atoms with Crippen molar-refractivity contribution in [3.8, 4) is 0 Å². The molecule has 1 aliphatic carbocycles. The number of hydrogen-bond acceptors (Lipinski definition) is 0. The number of rotatable bonds is 2. The van der Waals surface area contributed by atoms with Crippen LogP contribution in [0.15, 0.2) is 0 Å². The first-order valence-electron chi connectivity index (χ1n) is 5.65. The molecular formula is C12H24. The Labute approximate surface area is 77.7 Å². The van der Waals surface area contributed by atoms with Crippen molar-refractivity contribution in [2.45, 2.75) is 53.4 Å². The minimum atomic E-state index is 0.908. The van der Waals surface area contributed by atoms with Crippen LogP contribution in [0.25, 0.3) is 0 Å². The number of hydrogen-bond donors (Lipinski definition) is 0. The molecule has 12 heavy (non-hydrogen) atoms. The van der Waals surface area contributed by atoms with Gasteiger partial charge in [-0.2, -0.15) is 0 Å². The largest absolute Gasteiger partial charge is 0.0651 e. The fraction of sp³-hybridized carbons (Fsp3) is 1.00. The lowest BCUT2D eigenvalue weighted by molar-refractivity contribution is 0.156. The van der Waals surface area contributed by atoms with E-state index in [0.29, 0.717) is 0 Å². The van der Waals surface area contributed by atoms with Crippen molar-refractivity contribution in [3.63, 3.8) is 0 Å². The van der Waals surface area contributed by atoms with Crippen molar-refractivity contribution < 1.29 is 0 Å². The predicted molar refractivity (Wildman–Crippen MR) is 55.1 cm³/mol. The van der Waals surface area contributed by atoms with E-state index in [1.54, 1.807) is 0 Å². The summed E-state index contributed by atoms with van der Waals surface area (Å²) in [5.74, 6) is 3.93. The molecule has 0 heterocycles. The molecule has 0 spiro atoms. The van der Waals surface area contributed by atoms with Gasteiger partial charge in [0.15, 0.2) is 0 Å². The Hall–Kier alpha value is 0. The maximum Gasteiger partial charge on any atom is -0.0388 e. The molecule has 1 fully saturated rings. The van der Waals surface area contributed by atoms with E-state index in [0.717, 1.165) is 23.7 Å². The lowest BCUT2D eigenvalue weighted by Gasteiger charge is -2.35. The molecule has 0 N–H and O–H groups in total. The fourth-order valence-electron chi connectivity index (χ4n) is 2.71. The van der Waals surface area contributed by atoms with Gasteiger partial charge in [-0.3, -0.25) is 0 Å². The Bertz CT molecular complexity index is 126. The van der Waals surface area contributed by atoms with Gasteiger partial charge in [0.25, 0.3) is 0 Å². The molecule has 0 nitrogen and oxygen atoms in total. The van der Waals surface area contributed by atoms with Gasteiger partial charge < -0.3 is 0 Å². The topological polar surface area (TPSA) is 0 Å². The molecule has 1 saturated carbocycles. The van der Waals surface area contributed by atoms with Crippen molar-refractivity contribution in [2.75, 3.05) is 0 Å². The third-order valence-corrected chi connectivity index (χ3v) is 3.85. The van der Waals surface area contributed by atoms with Crippen LogP contribution in [0.3, 0.4) is 0 Å². The van der Waals surface area contributed by atoms with Crippen LogP contribution < -0.4 is 0 Å². The molecule has 1 rings (SSSR count). The van der Waals surface area contributed by atoms with Crippen molar-refractivity contribution in [1.29, 1.82) is 0 Å². The van der Waals surface area contributed by atoms with Crippen LogP contribution in [0.4, 0.5) is 0 Å². The van der Waals surface area contributed by atoms with Crippen LogP contribution in [0, 0.1) is 23.7 Å². The SMILES string of the molecule is CCC1CCC(C(C)C)CC1C. The molecule has 0 saturated heterocycles. The summed E-state index contributed by atoms with van der Waals surface area (Å²) < 4.78 is 0. The third-order valence-electron chi connectivity index (χ3n) is 3.85. The molecule has 0 radical (unpaired) electrons. The standard InChI is InChI=1S/C12H24/c1-5-11-6-7-12(9(2)3)8-10(11)4/h9-12H,5-8H2,1-4H3. The van der Waals surface area contributed by atoms with Gasteiger partial charge in [0.1, 0.15) is 0 Å². The minimum absolute atomic E-state index is 0.908. The van der Waals surface area contributed by atoms with Crippen molar-refractivity contribution >= 4 is 0 Å². The average Bonchev–Trinajstić information content (AvgIpc) is 2.04. The second-order valence-electron chi connectivity index (χ2n) is 4.96. The van der Waals surface area contributed by atoms with Crippen LogP contribution in [0.1, 0.15) is 53.4 Å². The third kappa shape index (κ3) is 2.24. The Morgan fingerprint density at radius 2 is 1.92 bits per heavy atom. The van der Waals surface area contributed by atoms with Gasteiger partial charge in [-0.15, -0.1) is 0 Å². The lowest BCUT2D eigenvalue weighted by Crippen LogP contribution is -2.25. The van der Waals surface area contributed by atoms with E-state index in [2.05, 4.69) is 27.7 Å². The first-order chi connectivity index (χ1) is 5.65. The zero-order chi connectivity index (χ0) is 9.14. The average molecular weight is 168 g/mol. The van der Waals surface area contributed by atoms with Crippen molar-refractivity contribution in [2.24, 2.45) is 23.7 Å². The van der Waals surface area contributed by atoms with E-state index in [1.165, 1.54) is 25.7 Å². The minimum Gasteiger partial charge on any atom is -0.0651 e. The Morgan fingerprint density at radius 3 is 2.33 bits per heavy atom. The molecule has 3 atom stereocenters. The molecule has 0 heteroatoms. The molecule has 0 aromatic carbocycles. The van der Waals surface area contributed by atoms with E-state index in [1.807, 2.05) is 0 Å². The van der Waals surface area contributed by atoms with E-state index >= 15 is 0 Å². The summed E-state index contributed by atoms with van der Waals surface area (Å²) in [6, 6.07) is 0. The summed E-state index contributed by atoms with van der Waals surface area (Å²) in [5, 5.41) is 0. The molecule has 0 bridgehead atoms. The van der Waals surface area contributed by atoms with Crippen molar-refractivity contribution in [3.05, 3.63) is 0 Å². The van der Waals surface area contributed by atoms with Gasteiger partial charge in [-0.25, -0.2) is 0 Å². The van der Waals surface area contributed by atoms with E-state index in [4.69, 9.17) is 0 Å². The highest BCUT2D eigenvalue weighted by atomic mass is 14.3. The van der Waals surface area contributed by atoms with Gasteiger partial charge in [0.2, 0.25) is 0 Å². The summed E-state index contributed by atoms with van der Waals surface area (Å²) in [6.45, 7) is 9.55. The maximum absolute atomic E-state index is 2.45. The summed E-state index contributed by atoms with van der Waals surface area (Å²) in [4.78, 5) is 0. The van der Waals surface area contributed by atoms with Crippen molar-refractivity contribution in [1.82, 2.24) is 0 Å². The van der Waals surface area contributed by atoms with E-state index in [9.17, 15) is 0 Å². The Balaban J connectivity index is 2.40. The fourth-order valence-corrected chi connectivity index (χ4v) is 2.71. The van der Waals surface area contributed by atoms with Gasteiger partial charge >= 0.3 is 0 Å². The van der Waals surface area contributed by atoms with Gasteiger partial charge in [-0.1, -0.05) is 34.1 Å². The smallest absolute Gasteiger partial charge is 0.0388 e. The lowest BCUT2D eigenvalue weighted by atomic mass is 9.70. The second kappa shape index (κ2) is 4.30. The highest BCUT2D eigenvalue weighted by Crippen LogP contribution is 2.38. The molecular weight excluding hydrogens is 144 g/mol. The van der Waals surface area contributed by atoms with E-state index in [-0.39, 0.29) is 0 Å². The van der Waals surface area contributed by atoms with Crippen LogP contribution in [0.5, 0.6) is 0 Å². The summed E-state index contributed by atoms with van der Waals surface area (Å²) in [6.07, 6.45) is 5.85. The van der Waals surface area contributed by atoms with Crippen LogP contribution >= 0.6 is 0 Å². The summed E-state index contributed by atoms with van der Waals surface area (Å²) in [7, 11) is 0. The summed E-state index contributed by atoms with van der Waals surface area (Å²) >= 11 is 0. The zero-order valence-electron chi connectivity index (χ0n) is 9.14. The van der Waals surface area contributed by atoms with Gasteiger partial charge in [0.05, 0.1) is 0 Å². The van der Waals surface area contributed by atoms with Crippen LogP contribution in [-0.2, 0) is 0 Å². The van der Waals surface area contributed by atoms with Gasteiger partial charge in [0, 0.05) is 0 Å². The van der Waals surface area contributed by atoms with Crippen LogP contribution in [0.2, 0.25) is 0 Å². The second-order valence-corrected chi connectivity index (χ2v) is 4.96. The molecule has 3 unspecified atom stereocenters. The predicted octanol–water partition coefficient (Wildman–Crippen LogP) is 4.10. The van der Waals surface area contributed by atoms with E-state index < -0.39 is 0 Å². The first kappa shape index (κ1) is 10.1. The highest BCUT2D eigenvalue weighted by molar-refractivity contribution is 4.78. The molecule has 1 aliphatic rings. The molecule has 0 amide bonds. The van der Waals surface area contributed by atoms with Crippen LogP contribution in [-0.4, -0.2) is 0 Å². The first-order valence-corrected chi connectivity index (χ1v) is 5.65. The maximum atomic E-state index is 2.45. The molecule has 0 aromatic heterocycles. The Kier molecular flexibility index (Phi) is 3.61. The monoisotopic (exact) mass is 168 g/mol. The molecule has 72 valence electrons. The van der Waals surface area contributed by atoms with Gasteiger partial charge in [-0.05, 0) is 42.9 Å². The highest BCUT2D eigenvalue weighted by Gasteiger charge is 2.27. The quantitative estimate of drug-likeness (QED) is 0.582. The normalized spacial score (nSPS) is 37.2. The molecule has 0 aliphatic heterocycles. The zero-order valence-corrected chi connectivity index (χ0v) is 9.14. The summed E-state index contributed by atoms with van der Waals surface area (Å²) in [5.41, 5.74) is 0. The molecule has 0 aromatic rings.